The maximum Gasteiger partial charge on any atom is 0.123 e. The first-order valence-corrected chi connectivity index (χ1v) is 12.0. The number of anilines is 1. The van der Waals surface area contributed by atoms with Crippen LogP contribution >= 0.6 is 0 Å². The normalized spacial score (nSPS) is 49.1. The SMILES string of the molecule is C[C@@]1(O)CC[C@@]2(C)[C@@H](CC[C@@H]3[C@@H]2CC[C@]2(C)[C@@H](Nc4ccc(F)cc4)CC[C@@H]32)C1. The zero-order chi connectivity index (χ0) is 20.4. The van der Waals surface area contributed by atoms with Crippen molar-refractivity contribution in [3.63, 3.8) is 0 Å². The van der Waals surface area contributed by atoms with Crippen LogP contribution in [0, 0.1) is 40.3 Å². The Kier molecular flexibility index (Phi) is 4.59. The molecule has 5 rings (SSSR count). The first-order valence-electron chi connectivity index (χ1n) is 12.0. The lowest BCUT2D eigenvalue weighted by molar-refractivity contribution is -0.142. The highest BCUT2D eigenvalue weighted by Crippen LogP contribution is 2.67. The average molecular weight is 400 g/mol. The second-order valence-electron chi connectivity index (χ2n) is 11.7. The van der Waals surface area contributed by atoms with E-state index in [1.54, 1.807) is 12.1 Å². The van der Waals surface area contributed by atoms with Crippen LogP contribution in [0.25, 0.3) is 0 Å². The van der Waals surface area contributed by atoms with Crippen molar-refractivity contribution in [1.82, 2.24) is 0 Å². The molecule has 0 bridgehead atoms. The number of hydrogen-bond acceptors (Lipinski definition) is 2. The summed E-state index contributed by atoms with van der Waals surface area (Å²) in [4.78, 5) is 0. The Balaban J connectivity index is 1.35. The van der Waals surface area contributed by atoms with Crippen LogP contribution in [0.1, 0.15) is 78.6 Å². The quantitative estimate of drug-likeness (QED) is 0.603. The Labute approximate surface area is 175 Å². The molecule has 2 N–H and O–H groups in total. The molecule has 3 heteroatoms. The van der Waals surface area contributed by atoms with Gasteiger partial charge in [0.15, 0.2) is 0 Å². The van der Waals surface area contributed by atoms with Crippen LogP contribution < -0.4 is 5.32 Å². The number of aliphatic hydroxyl groups is 1. The van der Waals surface area contributed by atoms with Crippen LogP contribution in [-0.2, 0) is 0 Å². The first-order chi connectivity index (χ1) is 13.7. The van der Waals surface area contributed by atoms with Gasteiger partial charge in [0.1, 0.15) is 5.82 Å². The molecular weight excluding hydrogens is 361 g/mol. The topological polar surface area (TPSA) is 32.3 Å². The summed E-state index contributed by atoms with van der Waals surface area (Å²) in [5.74, 6) is 3.02. The van der Waals surface area contributed by atoms with Gasteiger partial charge in [-0.05, 0) is 123 Å². The average Bonchev–Trinajstić information content (AvgIpc) is 3.00. The van der Waals surface area contributed by atoms with Crippen molar-refractivity contribution in [2.24, 2.45) is 34.5 Å². The van der Waals surface area contributed by atoms with Crippen LogP contribution in [0.2, 0.25) is 0 Å². The van der Waals surface area contributed by atoms with Crippen LogP contribution in [0.4, 0.5) is 10.1 Å². The summed E-state index contributed by atoms with van der Waals surface area (Å²) >= 11 is 0. The standard InChI is InChI=1S/C26H38FNO/c1-24(29)14-15-25(2)17(16-24)4-9-20-21-10-11-23(26(21,3)13-12-22(20)25)28-19-7-5-18(27)6-8-19/h5-8,17,20-23,28-29H,4,9-16H2,1-3H3/t17-,20-,21-,22-,23-,24+,25-,26-/m0/s1. The lowest BCUT2D eigenvalue weighted by atomic mass is 9.44. The highest BCUT2D eigenvalue weighted by Gasteiger charge is 2.60. The summed E-state index contributed by atoms with van der Waals surface area (Å²) < 4.78 is 13.3. The second kappa shape index (κ2) is 6.70. The molecular formula is C26H38FNO. The molecule has 2 nitrogen and oxygen atoms in total. The molecule has 4 aliphatic carbocycles. The number of benzene rings is 1. The van der Waals surface area contributed by atoms with E-state index in [2.05, 4.69) is 26.1 Å². The van der Waals surface area contributed by atoms with Crippen LogP contribution in [0.15, 0.2) is 24.3 Å². The molecule has 4 saturated carbocycles. The van der Waals surface area contributed by atoms with Gasteiger partial charge >= 0.3 is 0 Å². The summed E-state index contributed by atoms with van der Waals surface area (Å²) in [6.07, 6.45) is 11.0. The Morgan fingerprint density at radius 3 is 2.34 bits per heavy atom. The summed E-state index contributed by atoms with van der Waals surface area (Å²) in [6, 6.07) is 7.40. The fourth-order valence-electron chi connectivity index (χ4n) is 8.42. The van der Waals surface area contributed by atoms with Gasteiger partial charge in [-0.3, -0.25) is 0 Å². The third-order valence-corrected chi connectivity index (χ3v) is 10.1. The fourth-order valence-corrected chi connectivity index (χ4v) is 8.42. The molecule has 0 aromatic heterocycles. The van der Waals surface area contributed by atoms with Crippen LogP contribution in [-0.4, -0.2) is 16.7 Å². The number of rotatable bonds is 2. The Morgan fingerprint density at radius 1 is 0.862 bits per heavy atom. The van der Waals surface area contributed by atoms with Gasteiger partial charge in [0.2, 0.25) is 0 Å². The predicted molar refractivity (Wildman–Crippen MR) is 116 cm³/mol. The molecule has 8 atom stereocenters. The van der Waals surface area contributed by atoms with Crippen molar-refractivity contribution >= 4 is 5.69 Å². The fraction of sp³-hybridized carbons (Fsp3) is 0.769. The maximum atomic E-state index is 13.3. The van der Waals surface area contributed by atoms with E-state index in [0.29, 0.717) is 22.8 Å². The monoisotopic (exact) mass is 399 g/mol. The van der Waals surface area contributed by atoms with Crippen molar-refractivity contribution < 1.29 is 9.50 Å². The number of nitrogens with one attached hydrogen (secondary N) is 1. The summed E-state index contributed by atoms with van der Waals surface area (Å²) in [5, 5.41) is 14.5. The van der Waals surface area contributed by atoms with Gasteiger partial charge in [0, 0.05) is 11.7 Å². The molecule has 1 aromatic carbocycles. The molecule has 0 saturated heterocycles. The molecule has 29 heavy (non-hydrogen) atoms. The Bertz CT molecular complexity index is 760. The molecule has 0 unspecified atom stereocenters. The lowest BCUT2D eigenvalue weighted by Gasteiger charge is -2.61. The molecule has 0 heterocycles. The molecule has 0 spiro atoms. The summed E-state index contributed by atoms with van der Waals surface area (Å²) in [7, 11) is 0. The molecule has 4 aliphatic rings. The summed E-state index contributed by atoms with van der Waals surface area (Å²) in [6.45, 7) is 7.15. The van der Waals surface area contributed by atoms with Gasteiger partial charge < -0.3 is 10.4 Å². The van der Waals surface area contributed by atoms with Crippen molar-refractivity contribution in [2.75, 3.05) is 5.32 Å². The minimum absolute atomic E-state index is 0.164. The van der Waals surface area contributed by atoms with Gasteiger partial charge in [0.05, 0.1) is 5.60 Å². The van der Waals surface area contributed by atoms with E-state index in [1.807, 2.05) is 12.1 Å². The molecule has 1 aromatic rings. The highest BCUT2D eigenvalue weighted by molar-refractivity contribution is 5.44. The second-order valence-corrected chi connectivity index (χ2v) is 11.7. The first kappa shape index (κ1) is 19.8. The van der Waals surface area contributed by atoms with Gasteiger partial charge in [-0.1, -0.05) is 13.8 Å². The third kappa shape index (κ3) is 3.14. The zero-order valence-electron chi connectivity index (χ0n) is 18.4. The smallest absolute Gasteiger partial charge is 0.123 e. The van der Waals surface area contributed by atoms with Crippen molar-refractivity contribution in [3.05, 3.63) is 30.1 Å². The van der Waals surface area contributed by atoms with Gasteiger partial charge in [0.25, 0.3) is 0 Å². The van der Waals surface area contributed by atoms with Crippen molar-refractivity contribution in [1.29, 1.82) is 0 Å². The van der Waals surface area contributed by atoms with Crippen molar-refractivity contribution in [3.8, 4) is 0 Å². The zero-order valence-corrected chi connectivity index (χ0v) is 18.4. The largest absolute Gasteiger partial charge is 0.390 e. The molecule has 160 valence electrons. The Hall–Kier alpha value is -1.09. The number of halogens is 1. The van der Waals surface area contributed by atoms with E-state index in [9.17, 15) is 9.50 Å². The summed E-state index contributed by atoms with van der Waals surface area (Å²) in [5.41, 5.74) is 1.39. The van der Waals surface area contributed by atoms with E-state index in [1.165, 1.54) is 44.9 Å². The lowest BCUT2D eigenvalue weighted by Crippen LogP contribution is -2.56. The number of hydrogen-bond donors (Lipinski definition) is 2. The third-order valence-electron chi connectivity index (χ3n) is 10.1. The molecule has 4 fully saturated rings. The maximum absolute atomic E-state index is 13.3. The van der Waals surface area contributed by atoms with Gasteiger partial charge in [-0.2, -0.15) is 0 Å². The van der Waals surface area contributed by atoms with E-state index in [0.717, 1.165) is 36.3 Å². The van der Waals surface area contributed by atoms with Crippen molar-refractivity contribution in [2.45, 2.75) is 90.2 Å². The minimum Gasteiger partial charge on any atom is -0.390 e. The molecule has 0 aliphatic heterocycles. The Morgan fingerprint density at radius 2 is 1.59 bits per heavy atom. The van der Waals surface area contributed by atoms with Gasteiger partial charge in [-0.25, -0.2) is 4.39 Å². The minimum atomic E-state index is -0.447. The van der Waals surface area contributed by atoms with E-state index in [-0.39, 0.29) is 5.82 Å². The van der Waals surface area contributed by atoms with Crippen LogP contribution in [0.5, 0.6) is 0 Å². The van der Waals surface area contributed by atoms with E-state index in [4.69, 9.17) is 0 Å². The number of fused-ring (bicyclic) bond motifs is 5. The molecule has 0 radical (unpaired) electrons. The van der Waals surface area contributed by atoms with Gasteiger partial charge in [-0.15, -0.1) is 0 Å². The highest BCUT2D eigenvalue weighted by atomic mass is 19.1. The van der Waals surface area contributed by atoms with E-state index >= 15 is 0 Å². The van der Waals surface area contributed by atoms with Crippen LogP contribution in [0.3, 0.4) is 0 Å². The molecule has 0 amide bonds. The predicted octanol–water partition coefficient (Wildman–Crippen LogP) is 6.40. The van der Waals surface area contributed by atoms with E-state index < -0.39 is 5.60 Å².